The SMILES string of the molecule is CCOC(=O)c1nc2c(O)cccn2c1N=Nc1cccc(SC)c1. The molecular formula is C17H16N4O3S. The van der Waals surface area contributed by atoms with Gasteiger partial charge in [0.15, 0.2) is 22.9 Å². The Morgan fingerprint density at radius 3 is 2.92 bits per heavy atom. The van der Waals surface area contributed by atoms with Gasteiger partial charge in [0.05, 0.1) is 12.3 Å². The van der Waals surface area contributed by atoms with Crippen molar-refractivity contribution < 1.29 is 14.6 Å². The van der Waals surface area contributed by atoms with Gasteiger partial charge in [-0.15, -0.1) is 22.0 Å². The first kappa shape index (κ1) is 17.0. The Morgan fingerprint density at radius 1 is 1.32 bits per heavy atom. The van der Waals surface area contributed by atoms with Gasteiger partial charge in [0.2, 0.25) is 0 Å². The van der Waals surface area contributed by atoms with E-state index < -0.39 is 5.97 Å². The van der Waals surface area contributed by atoms with Gasteiger partial charge in [-0.25, -0.2) is 9.78 Å². The van der Waals surface area contributed by atoms with Crippen LogP contribution in [0, 0.1) is 0 Å². The van der Waals surface area contributed by atoms with Crippen molar-refractivity contribution in [3.8, 4) is 5.75 Å². The van der Waals surface area contributed by atoms with Crippen LogP contribution in [0.25, 0.3) is 5.65 Å². The van der Waals surface area contributed by atoms with E-state index in [1.54, 1.807) is 30.9 Å². The summed E-state index contributed by atoms with van der Waals surface area (Å²) < 4.78 is 6.53. The molecule has 0 atom stereocenters. The largest absolute Gasteiger partial charge is 0.504 e. The van der Waals surface area contributed by atoms with Crippen LogP contribution >= 0.6 is 11.8 Å². The van der Waals surface area contributed by atoms with Gasteiger partial charge in [-0.1, -0.05) is 6.07 Å². The van der Waals surface area contributed by atoms with E-state index in [1.807, 2.05) is 30.5 Å². The molecule has 2 aromatic heterocycles. The Balaban J connectivity index is 2.09. The van der Waals surface area contributed by atoms with Crippen LogP contribution in [0.3, 0.4) is 0 Å². The predicted octanol–water partition coefficient (Wildman–Crippen LogP) is 4.35. The van der Waals surface area contributed by atoms with E-state index in [0.29, 0.717) is 5.69 Å². The fourth-order valence-electron chi connectivity index (χ4n) is 2.25. The number of rotatable bonds is 5. The van der Waals surface area contributed by atoms with Gasteiger partial charge in [-0.3, -0.25) is 4.40 Å². The molecule has 8 heteroatoms. The fourth-order valence-corrected chi connectivity index (χ4v) is 2.70. The van der Waals surface area contributed by atoms with Crippen LogP contribution in [-0.4, -0.2) is 33.3 Å². The minimum atomic E-state index is -0.614. The number of imidazole rings is 1. The number of hydrogen-bond donors (Lipinski definition) is 1. The zero-order valence-electron chi connectivity index (χ0n) is 13.7. The third-order valence-electron chi connectivity index (χ3n) is 3.39. The average Bonchev–Trinajstić information content (AvgIpc) is 3.00. The van der Waals surface area contributed by atoms with Crippen LogP contribution in [0.5, 0.6) is 5.75 Å². The maximum Gasteiger partial charge on any atom is 0.360 e. The van der Waals surface area contributed by atoms with E-state index in [0.717, 1.165) is 4.90 Å². The lowest BCUT2D eigenvalue weighted by Gasteiger charge is -2.00. The number of carbonyl (C=O) groups is 1. The van der Waals surface area contributed by atoms with E-state index >= 15 is 0 Å². The molecule has 2 heterocycles. The maximum atomic E-state index is 12.2. The molecule has 0 radical (unpaired) electrons. The van der Waals surface area contributed by atoms with Gasteiger partial charge in [0.1, 0.15) is 0 Å². The lowest BCUT2D eigenvalue weighted by atomic mass is 10.3. The number of aromatic hydroxyl groups is 1. The van der Waals surface area contributed by atoms with Crippen molar-refractivity contribution in [1.82, 2.24) is 9.38 Å². The van der Waals surface area contributed by atoms with Crippen molar-refractivity contribution in [3.05, 3.63) is 48.3 Å². The zero-order chi connectivity index (χ0) is 17.8. The van der Waals surface area contributed by atoms with Gasteiger partial charge >= 0.3 is 5.97 Å². The minimum absolute atomic E-state index is 0.00752. The molecule has 1 aromatic carbocycles. The number of aromatic nitrogens is 2. The molecule has 0 aliphatic rings. The Morgan fingerprint density at radius 2 is 2.16 bits per heavy atom. The highest BCUT2D eigenvalue weighted by Gasteiger charge is 2.21. The molecular weight excluding hydrogens is 340 g/mol. The topological polar surface area (TPSA) is 88.5 Å². The molecule has 7 nitrogen and oxygen atoms in total. The smallest absolute Gasteiger partial charge is 0.360 e. The van der Waals surface area contributed by atoms with Crippen LogP contribution in [0.4, 0.5) is 11.5 Å². The molecule has 0 aliphatic heterocycles. The third kappa shape index (κ3) is 3.48. The summed E-state index contributed by atoms with van der Waals surface area (Å²) >= 11 is 1.60. The van der Waals surface area contributed by atoms with Crippen LogP contribution in [0.15, 0.2) is 57.7 Å². The number of hydrogen-bond acceptors (Lipinski definition) is 7. The minimum Gasteiger partial charge on any atom is -0.504 e. The quantitative estimate of drug-likeness (QED) is 0.417. The summed E-state index contributed by atoms with van der Waals surface area (Å²) in [6, 6.07) is 10.7. The molecule has 0 unspecified atom stereocenters. The molecule has 0 fully saturated rings. The van der Waals surface area contributed by atoms with E-state index in [2.05, 4.69) is 15.2 Å². The first-order valence-corrected chi connectivity index (χ1v) is 8.79. The summed E-state index contributed by atoms with van der Waals surface area (Å²) in [5, 5.41) is 18.4. The lowest BCUT2D eigenvalue weighted by Crippen LogP contribution is -2.05. The number of pyridine rings is 1. The Labute approximate surface area is 148 Å². The van der Waals surface area contributed by atoms with Crippen molar-refractivity contribution in [1.29, 1.82) is 0 Å². The molecule has 0 aliphatic carbocycles. The molecule has 25 heavy (non-hydrogen) atoms. The van der Waals surface area contributed by atoms with Crippen molar-refractivity contribution in [2.24, 2.45) is 10.2 Å². The predicted molar refractivity (Wildman–Crippen MR) is 95.2 cm³/mol. The molecule has 128 valence electrons. The summed E-state index contributed by atoms with van der Waals surface area (Å²) in [6.07, 6.45) is 3.62. The number of thioether (sulfide) groups is 1. The summed E-state index contributed by atoms with van der Waals surface area (Å²) in [6.45, 7) is 1.92. The van der Waals surface area contributed by atoms with Crippen LogP contribution in [-0.2, 0) is 4.74 Å². The van der Waals surface area contributed by atoms with Crippen molar-refractivity contribution in [2.75, 3.05) is 12.9 Å². The normalized spacial score (nSPS) is 11.3. The zero-order valence-corrected chi connectivity index (χ0v) is 14.5. The first-order chi connectivity index (χ1) is 12.1. The van der Waals surface area contributed by atoms with Gasteiger partial charge in [0.25, 0.3) is 0 Å². The molecule has 3 rings (SSSR count). The number of fused-ring (bicyclic) bond motifs is 1. The highest BCUT2D eigenvalue weighted by Crippen LogP contribution is 2.29. The monoisotopic (exact) mass is 356 g/mol. The van der Waals surface area contributed by atoms with Crippen molar-refractivity contribution in [3.63, 3.8) is 0 Å². The van der Waals surface area contributed by atoms with Gasteiger partial charge < -0.3 is 9.84 Å². The van der Waals surface area contributed by atoms with Gasteiger partial charge in [0, 0.05) is 11.1 Å². The molecule has 0 bridgehead atoms. The molecule has 0 saturated heterocycles. The summed E-state index contributed by atoms with van der Waals surface area (Å²) in [7, 11) is 0. The van der Waals surface area contributed by atoms with E-state index in [4.69, 9.17) is 4.74 Å². The Hall–Kier alpha value is -2.87. The fraction of sp³-hybridized carbons (Fsp3) is 0.176. The number of nitrogens with zero attached hydrogens (tertiary/aromatic N) is 4. The number of benzene rings is 1. The third-order valence-corrected chi connectivity index (χ3v) is 4.11. The second kappa shape index (κ2) is 7.35. The van der Waals surface area contributed by atoms with E-state index in [-0.39, 0.29) is 29.5 Å². The number of ether oxygens (including phenoxy) is 1. The number of carbonyl (C=O) groups excluding carboxylic acids is 1. The Kier molecular flexibility index (Phi) is 4.99. The average molecular weight is 356 g/mol. The Bertz CT molecular complexity index is 952. The van der Waals surface area contributed by atoms with Crippen LogP contribution in [0.2, 0.25) is 0 Å². The molecule has 3 aromatic rings. The highest BCUT2D eigenvalue weighted by molar-refractivity contribution is 7.98. The molecule has 0 amide bonds. The second-order valence-electron chi connectivity index (χ2n) is 4.99. The molecule has 0 saturated carbocycles. The summed E-state index contributed by atoms with van der Waals surface area (Å²) in [4.78, 5) is 17.4. The standard InChI is InChI=1S/C17H16N4O3S/c1-3-24-17(23)14-16(21-9-5-8-13(22)15(21)18-14)20-19-11-6-4-7-12(10-11)25-2/h4-10,22H,3H2,1-2H3. The van der Waals surface area contributed by atoms with Crippen molar-refractivity contribution in [2.45, 2.75) is 11.8 Å². The first-order valence-electron chi connectivity index (χ1n) is 7.57. The number of esters is 1. The number of azo groups is 1. The lowest BCUT2D eigenvalue weighted by molar-refractivity contribution is 0.0521. The molecule has 1 N–H and O–H groups in total. The highest BCUT2D eigenvalue weighted by atomic mass is 32.2. The van der Waals surface area contributed by atoms with Crippen LogP contribution < -0.4 is 0 Å². The molecule has 0 spiro atoms. The van der Waals surface area contributed by atoms with E-state index in [1.165, 1.54) is 10.5 Å². The summed E-state index contributed by atoms with van der Waals surface area (Å²) in [5.41, 5.74) is 0.877. The van der Waals surface area contributed by atoms with E-state index in [9.17, 15) is 9.90 Å². The van der Waals surface area contributed by atoms with Crippen LogP contribution in [0.1, 0.15) is 17.4 Å². The van der Waals surface area contributed by atoms with Crippen molar-refractivity contribution >= 4 is 34.9 Å². The summed E-state index contributed by atoms with van der Waals surface area (Å²) in [5.74, 6) is -0.463. The maximum absolute atomic E-state index is 12.2. The van der Waals surface area contributed by atoms with Gasteiger partial charge in [-0.05, 0) is 43.5 Å². The van der Waals surface area contributed by atoms with Gasteiger partial charge in [-0.2, -0.15) is 0 Å². The second-order valence-corrected chi connectivity index (χ2v) is 5.87.